The van der Waals surface area contributed by atoms with Gasteiger partial charge in [-0.2, -0.15) is 0 Å². The third-order valence-electron chi connectivity index (χ3n) is 2.96. The van der Waals surface area contributed by atoms with Gasteiger partial charge in [0.25, 0.3) is 0 Å². The standard InChI is InChI=1S/C15H14Br2FNO/c1-9(12-5-3-10(16)7-13(12)17)19-11-4-6-15(20-2)14(18)8-11/h3-9,19H,1-2H3. The van der Waals surface area contributed by atoms with Crippen LogP contribution in [-0.2, 0) is 0 Å². The van der Waals surface area contributed by atoms with Crippen molar-refractivity contribution in [1.29, 1.82) is 0 Å². The van der Waals surface area contributed by atoms with Crippen LogP contribution in [0.3, 0.4) is 0 Å². The average molecular weight is 403 g/mol. The minimum atomic E-state index is -0.375. The first kappa shape index (κ1) is 15.3. The van der Waals surface area contributed by atoms with E-state index in [0.717, 1.165) is 14.5 Å². The van der Waals surface area contributed by atoms with Crippen LogP contribution >= 0.6 is 31.9 Å². The molecule has 0 fully saturated rings. The first-order valence-corrected chi connectivity index (χ1v) is 7.65. The predicted molar refractivity (Wildman–Crippen MR) is 86.8 cm³/mol. The molecule has 2 rings (SSSR count). The van der Waals surface area contributed by atoms with E-state index in [9.17, 15) is 4.39 Å². The van der Waals surface area contributed by atoms with Crippen LogP contribution in [0, 0.1) is 5.82 Å². The number of rotatable bonds is 4. The zero-order valence-electron chi connectivity index (χ0n) is 11.1. The summed E-state index contributed by atoms with van der Waals surface area (Å²) >= 11 is 6.96. The summed E-state index contributed by atoms with van der Waals surface area (Å²) < 4.78 is 20.6. The summed E-state index contributed by atoms with van der Waals surface area (Å²) in [6.45, 7) is 2.02. The molecular formula is C15H14Br2FNO. The van der Waals surface area contributed by atoms with Gasteiger partial charge in [-0.05, 0) is 36.8 Å². The zero-order chi connectivity index (χ0) is 14.7. The van der Waals surface area contributed by atoms with Crippen LogP contribution in [0.4, 0.5) is 10.1 Å². The first-order chi connectivity index (χ1) is 9.51. The molecule has 0 saturated heterocycles. The lowest BCUT2D eigenvalue weighted by Crippen LogP contribution is -2.07. The number of benzene rings is 2. The summed E-state index contributed by atoms with van der Waals surface area (Å²) in [5, 5.41) is 3.27. The molecule has 0 bridgehead atoms. The van der Waals surface area contributed by atoms with Gasteiger partial charge in [0.2, 0.25) is 0 Å². The molecule has 0 amide bonds. The fourth-order valence-corrected chi connectivity index (χ4v) is 3.33. The summed E-state index contributed by atoms with van der Waals surface area (Å²) in [4.78, 5) is 0. The van der Waals surface area contributed by atoms with Crippen LogP contribution in [0.2, 0.25) is 0 Å². The largest absolute Gasteiger partial charge is 0.494 e. The highest BCUT2D eigenvalue weighted by Crippen LogP contribution is 2.30. The van der Waals surface area contributed by atoms with E-state index in [-0.39, 0.29) is 17.6 Å². The Morgan fingerprint density at radius 2 is 1.90 bits per heavy atom. The van der Waals surface area contributed by atoms with Gasteiger partial charge in [-0.15, -0.1) is 0 Å². The third-order valence-corrected chi connectivity index (χ3v) is 4.14. The van der Waals surface area contributed by atoms with Gasteiger partial charge in [-0.25, -0.2) is 4.39 Å². The van der Waals surface area contributed by atoms with E-state index in [1.54, 1.807) is 12.1 Å². The quantitative estimate of drug-likeness (QED) is 0.725. The highest BCUT2D eigenvalue weighted by atomic mass is 79.9. The molecule has 1 atom stereocenters. The van der Waals surface area contributed by atoms with Gasteiger partial charge < -0.3 is 10.1 Å². The second-order valence-corrected chi connectivity index (χ2v) is 6.15. The van der Waals surface area contributed by atoms with Gasteiger partial charge in [0.05, 0.1) is 7.11 Å². The maximum absolute atomic E-state index is 13.7. The highest BCUT2D eigenvalue weighted by Gasteiger charge is 2.11. The van der Waals surface area contributed by atoms with E-state index in [1.807, 2.05) is 25.1 Å². The van der Waals surface area contributed by atoms with Crippen LogP contribution in [0.5, 0.6) is 5.75 Å². The second-order valence-electron chi connectivity index (χ2n) is 4.38. The van der Waals surface area contributed by atoms with Crippen molar-refractivity contribution in [2.24, 2.45) is 0 Å². The van der Waals surface area contributed by atoms with Crippen molar-refractivity contribution in [2.75, 3.05) is 12.4 Å². The Hall–Kier alpha value is -1.07. The number of methoxy groups -OCH3 is 1. The maximum Gasteiger partial charge on any atom is 0.167 e. The Kier molecular flexibility index (Phi) is 5.05. The number of hydrogen-bond donors (Lipinski definition) is 1. The molecule has 106 valence electrons. The number of nitrogens with one attached hydrogen (secondary N) is 1. The molecule has 2 nitrogen and oxygen atoms in total. The molecule has 0 radical (unpaired) electrons. The van der Waals surface area contributed by atoms with Crippen LogP contribution in [0.25, 0.3) is 0 Å². The fraction of sp³-hybridized carbons (Fsp3) is 0.200. The van der Waals surface area contributed by atoms with Gasteiger partial charge in [0.1, 0.15) is 0 Å². The Morgan fingerprint density at radius 1 is 1.15 bits per heavy atom. The normalized spacial score (nSPS) is 12.1. The lowest BCUT2D eigenvalue weighted by atomic mass is 10.1. The lowest BCUT2D eigenvalue weighted by molar-refractivity contribution is 0.386. The molecule has 0 aromatic heterocycles. The summed E-state index contributed by atoms with van der Waals surface area (Å²) in [6, 6.07) is 10.9. The van der Waals surface area contributed by atoms with Crippen molar-refractivity contribution in [2.45, 2.75) is 13.0 Å². The molecule has 2 aromatic rings. The Balaban J connectivity index is 2.18. The molecule has 5 heteroatoms. The molecule has 1 unspecified atom stereocenters. The lowest BCUT2D eigenvalue weighted by Gasteiger charge is -2.18. The summed E-state index contributed by atoms with van der Waals surface area (Å²) in [7, 11) is 1.45. The third kappa shape index (κ3) is 3.52. The molecule has 0 aliphatic carbocycles. The number of ether oxygens (including phenoxy) is 1. The summed E-state index contributed by atoms with van der Waals surface area (Å²) in [5.41, 5.74) is 1.81. The Morgan fingerprint density at radius 3 is 2.50 bits per heavy atom. The molecule has 0 aliphatic heterocycles. The zero-order valence-corrected chi connectivity index (χ0v) is 14.3. The molecule has 0 spiro atoms. The molecule has 1 N–H and O–H groups in total. The van der Waals surface area contributed by atoms with E-state index in [1.165, 1.54) is 13.2 Å². The predicted octanol–water partition coefficient (Wildman–Crippen LogP) is 5.53. The first-order valence-electron chi connectivity index (χ1n) is 6.06. The molecule has 2 aromatic carbocycles. The van der Waals surface area contributed by atoms with Crippen LogP contribution in [0.15, 0.2) is 45.3 Å². The van der Waals surface area contributed by atoms with Crippen molar-refractivity contribution in [3.8, 4) is 5.75 Å². The van der Waals surface area contributed by atoms with Gasteiger partial charge >= 0.3 is 0 Å². The van der Waals surface area contributed by atoms with Crippen LogP contribution in [0.1, 0.15) is 18.5 Å². The average Bonchev–Trinajstić information content (AvgIpc) is 2.38. The topological polar surface area (TPSA) is 21.3 Å². The molecule has 0 aliphatic rings. The minimum absolute atomic E-state index is 0.0465. The van der Waals surface area contributed by atoms with Crippen molar-refractivity contribution in [3.05, 3.63) is 56.7 Å². The van der Waals surface area contributed by atoms with Gasteiger partial charge in [-0.1, -0.05) is 37.9 Å². The Bertz CT molecular complexity index is 619. The summed E-state index contributed by atoms with van der Waals surface area (Å²) in [6.07, 6.45) is 0. The van der Waals surface area contributed by atoms with Crippen molar-refractivity contribution >= 4 is 37.5 Å². The minimum Gasteiger partial charge on any atom is -0.494 e. The summed E-state index contributed by atoms with van der Waals surface area (Å²) in [5.74, 6) is -0.132. The van der Waals surface area contributed by atoms with Crippen molar-refractivity contribution in [3.63, 3.8) is 0 Å². The monoisotopic (exact) mass is 401 g/mol. The van der Waals surface area contributed by atoms with Gasteiger partial charge in [-0.3, -0.25) is 0 Å². The molecule has 0 saturated carbocycles. The number of halogens is 3. The molecule has 20 heavy (non-hydrogen) atoms. The van der Waals surface area contributed by atoms with E-state index in [0.29, 0.717) is 5.69 Å². The smallest absolute Gasteiger partial charge is 0.167 e. The van der Waals surface area contributed by atoms with Crippen molar-refractivity contribution in [1.82, 2.24) is 0 Å². The highest BCUT2D eigenvalue weighted by molar-refractivity contribution is 9.11. The SMILES string of the molecule is COc1ccc(NC(C)c2ccc(Br)cc2Br)cc1F. The molecular weight excluding hydrogens is 389 g/mol. The van der Waals surface area contributed by atoms with Crippen molar-refractivity contribution < 1.29 is 9.13 Å². The number of hydrogen-bond acceptors (Lipinski definition) is 2. The second kappa shape index (κ2) is 6.59. The Labute approximate surface area is 134 Å². The van der Waals surface area contributed by atoms with Crippen LogP contribution in [-0.4, -0.2) is 7.11 Å². The van der Waals surface area contributed by atoms with Gasteiger partial charge in [0.15, 0.2) is 11.6 Å². The number of anilines is 1. The van der Waals surface area contributed by atoms with E-state index < -0.39 is 0 Å². The van der Waals surface area contributed by atoms with E-state index in [4.69, 9.17) is 4.74 Å². The van der Waals surface area contributed by atoms with Crippen LogP contribution < -0.4 is 10.1 Å². The van der Waals surface area contributed by atoms with E-state index in [2.05, 4.69) is 37.2 Å². The maximum atomic E-state index is 13.7. The fourth-order valence-electron chi connectivity index (χ4n) is 1.94. The van der Waals surface area contributed by atoms with Gasteiger partial charge in [0, 0.05) is 26.7 Å². The van der Waals surface area contributed by atoms with E-state index >= 15 is 0 Å². The molecule has 0 heterocycles.